The fourth-order valence-corrected chi connectivity index (χ4v) is 3.04. The van der Waals surface area contributed by atoms with Crippen LogP contribution in [0.15, 0.2) is 30.5 Å². The average Bonchev–Trinajstić information content (AvgIpc) is 3.24. The van der Waals surface area contributed by atoms with E-state index in [-0.39, 0.29) is 19.1 Å². The van der Waals surface area contributed by atoms with Crippen LogP contribution < -0.4 is 14.8 Å². The molecule has 3 aromatic rings. The van der Waals surface area contributed by atoms with E-state index >= 15 is 0 Å². The highest BCUT2D eigenvalue weighted by molar-refractivity contribution is 6.00. The van der Waals surface area contributed by atoms with E-state index in [0.717, 1.165) is 22.2 Å². The molecule has 126 valence electrons. The van der Waals surface area contributed by atoms with E-state index in [0.29, 0.717) is 23.2 Å². The molecule has 0 atom stereocenters. The number of anilines is 1. The molecule has 1 amide bonds. The van der Waals surface area contributed by atoms with Crippen molar-refractivity contribution in [3.63, 3.8) is 0 Å². The third kappa shape index (κ3) is 2.67. The first kappa shape index (κ1) is 14.3. The van der Waals surface area contributed by atoms with Crippen LogP contribution in [0.3, 0.4) is 0 Å². The zero-order valence-corrected chi connectivity index (χ0v) is 13.4. The molecular weight excluding hydrogens is 320 g/mol. The number of H-pyrrole nitrogens is 1. The van der Waals surface area contributed by atoms with Gasteiger partial charge < -0.3 is 14.8 Å². The molecular formula is C18H16N4O3. The third-order valence-corrected chi connectivity index (χ3v) is 4.52. The largest absolute Gasteiger partial charge is 0.454 e. The number of benzene rings is 1. The lowest BCUT2D eigenvalue weighted by Crippen LogP contribution is -2.14. The molecule has 1 aliphatic carbocycles. The number of fused-ring (bicyclic) bond motifs is 2. The molecule has 1 aliphatic heterocycles. The predicted molar refractivity (Wildman–Crippen MR) is 90.8 cm³/mol. The number of carbonyl (C=O) groups excluding carboxylic acids is 1. The summed E-state index contributed by atoms with van der Waals surface area (Å²) in [6.07, 6.45) is 4.42. The number of aromatic nitrogens is 3. The Morgan fingerprint density at radius 1 is 1.24 bits per heavy atom. The summed E-state index contributed by atoms with van der Waals surface area (Å²) in [5, 5.41) is 10.9. The summed E-state index contributed by atoms with van der Waals surface area (Å²) >= 11 is 0. The number of hydrogen-bond acceptors (Lipinski definition) is 5. The van der Waals surface area contributed by atoms with Gasteiger partial charge in [-0.1, -0.05) is 6.07 Å². The van der Waals surface area contributed by atoms with Crippen molar-refractivity contribution in [2.75, 3.05) is 12.1 Å². The van der Waals surface area contributed by atoms with Crippen molar-refractivity contribution in [1.82, 2.24) is 15.2 Å². The Hall–Kier alpha value is -3.09. The van der Waals surface area contributed by atoms with Crippen LogP contribution in [0.1, 0.15) is 30.0 Å². The van der Waals surface area contributed by atoms with Gasteiger partial charge in [0.25, 0.3) is 0 Å². The summed E-state index contributed by atoms with van der Waals surface area (Å²) in [5.74, 6) is 2.33. The maximum atomic E-state index is 12.4. The Labute approximate surface area is 143 Å². The van der Waals surface area contributed by atoms with Gasteiger partial charge in [-0.3, -0.25) is 14.9 Å². The molecule has 1 fully saturated rings. The van der Waals surface area contributed by atoms with E-state index in [2.05, 4.69) is 20.5 Å². The van der Waals surface area contributed by atoms with Crippen molar-refractivity contribution in [3.05, 3.63) is 41.7 Å². The maximum absolute atomic E-state index is 12.4. The van der Waals surface area contributed by atoms with Crippen LogP contribution in [0.2, 0.25) is 0 Å². The van der Waals surface area contributed by atoms with Crippen LogP contribution in [0, 0.1) is 0 Å². The molecule has 0 spiro atoms. The molecule has 25 heavy (non-hydrogen) atoms. The van der Waals surface area contributed by atoms with E-state index < -0.39 is 0 Å². The van der Waals surface area contributed by atoms with Crippen molar-refractivity contribution < 1.29 is 14.3 Å². The van der Waals surface area contributed by atoms with Gasteiger partial charge in [0.1, 0.15) is 0 Å². The minimum Gasteiger partial charge on any atom is -0.454 e. The number of hydrogen-bond donors (Lipinski definition) is 2. The van der Waals surface area contributed by atoms with Crippen molar-refractivity contribution in [1.29, 1.82) is 0 Å². The summed E-state index contributed by atoms with van der Waals surface area (Å²) in [5.41, 5.74) is 2.85. The molecule has 0 bridgehead atoms. The van der Waals surface area contributed by atoms with Gasteiger partial charge in [0.05, 0.1) is 17.3 Å². The molecule has 7 nitrogen and oxygen atoms in total. The van der Waals surface area contributed by atoms with E-state index in [4.69, 9.17) is 9.47 Å². The van der Waals surface area contributed by atoms with Crippen LogP contribution in [0.4, 0.5) is 5.82 Å². The molecule has 2 aliphatic rings. The standard InChI is InChI=1S/C18H16N4O3/c23-17(6-10-1-4-15-16(5-10)25-9-24-15)20-18-12-8-19-13(11-2-3-11)7-14(12)21-22-18/h1,4-5,7-8,11H,2-3,6,9H2,(H2,20,21,22,23). The Morgan fingerprint density at radius 2 is 2.12 bits per heavy atom. The van der Waals surface area contributed by atoms with Gasteiger partial charge in [-0.2, -0.15) is 5.10 Å². The van der Waals surface area contributed by atoms with E-state index in [1.807, 2.05) is 24.3 Å². The lowest BCUT2D eigenvalue weighted by atomic mass is 10.1. The van der Waals surface area contributed by atoms with Crippen LogP contribution >= 0.6 is 0 Å². The molecule has 2 N–H and O–H groups in total. The second-order valence-corrected chi connectivity index (χ2v) is 6.41. The lowest BCUT2D eigenvalue weighted by Gasteiger charge is -2.04. The molecule has 7 heteroatoms. The van der Waals surface area contributed by atoms with Crippen molar-refractivity contribution in [2.45, 2.75) is 25.2 Å². The zero-order chi connectivity index (χ0) is 16.8. The smallest absolute Gasteiger partial charge is 0.231 e. The Bertz CT molecular complexity index is 978. The van der Waals surface area contributed by atoms with Crippen LogP contribution in [0.25, 0.3) is 10.9 Å². The fourth-order valence-electron chi connectivity index (χ4n) is 3.04. The number of carbonyl (C=O) groups is 1. The average molecular weight is 336 g/mol. The fraction of sp³-hybridized carbons (Fsp3) is 0.278. The molecule has 2 aromatic heterocycles. The second kappa shape index (κ2) is 5.47. The third-order valence-electron chi connectivity index (χ3n) is 4.52. The van der Waals surface area contributed by atoms with Gasteiger partial charge in [0, 0.05) is 17.8 Å². The van der Waals surface area contributed by atoms with Gasteiger partial charge in [-0.25, -0.2) is 0 Å². The van der Waals surface area contributed by atoms with Gasteiger partial charge in [0.15, 0.2) is 17.3 Å². The molecule has 0 saturated heterocycles. The molecule has 0 radical (unpaired) electrons. The van der Waals surface area contributed by atoms with Crippen LogP contribution in [-0.2, 0) is 11.2 Å². The summed E-state index contributed by atoms with van der Waals surface area (Å²) in [7, 11) is 0. The Kier molecular flexibility index (Phi) is 3.12. The topological polar surface area (TPSA) is 89.1 Å². The molecule has 5 rings (SSSR count). The number of pyridine rings is 1. The maximum Gasteiger partial charge on any atom is 0.231 e. The highest BCUT2D eigenvalue weighted by Gasteiger charge is 2.25. The lowest BCUT2D eigenvalue weighted by molar-refractivity contribution is -0.115. The predicted octanol–water partition coefficient (Wildman–Crippen LogP) is 2.75. The minimum absolute atomic E-state index is 0.140. The quantitative estimate of drug-likeness (QED) is 0.765. The van der Waals surface area contributed by atoms with Gasteiger partial charge >= 0.3 is 0 Å². The van der Waals surface area contributed by atoms with E-state index in [1.165, 1.54) is 12.8 Å². The Morgan fingerprint density at radius 3 is 3.00 bits per heavy atom. The van der Waals surface area contributed by atoms with Gasteiger partial charge in [0.2, 0.25) is 12.7 Å². The highest BCUT2D eigenvalue weighted by atomic mass is 16.7. The monoisotopic (exact) mass is 336 g/mol. The van der Waals surface area contributed by atoms with E-state index in [1.54, 1.807) is 6.20 Å². The minimum atomic E-state index is -0.140. The first-order valence-electron chi connectivity index (χ1n) is 8.29. The number of amides is 1. The second-order valence-electron chi connectivity index (χ2n) is 6.41. The van der Waals surface area contributed by atoms with E-state index in [9.17, 15) is 4.79 Å². The van der Waals surface area contributed by atoms with Gasteiger partial charge in [-0.15, -0.1) is 0 Å². The Balaban J connectivity index is 1.32. The molecule has 1 saturated carbocycles. The summed E-state index contributed by atoms with van der Waals surface area (Å²) in [6.45, 7) is 0.222. The van der Waals surface area contributed by atoms with Gasteiger partial charge in [-0.05, 0) is 36.6 Å². The number of nitrogens with zero attached hydrogens (tertiary/aromatic N) is 2. The number of aromatic amines is 1. The van der Waals surface area contributed by atoms with Crippen molar-refractivity contribution in [2.24, 2.45) is 0 Å². The van der Waals surface area contributed by atoms with Crippen molar-refractivity contribution >= 4 is 22.6 Å². The highest BCUT2D eigenvalue weighted by Crippen LogP contribution is 2.39. The molecule has 3 heterocycles. The first-order valence-corrected chi connectivity index (χ1v) is 8.29. The number of nitrogens with one attached hydrogen (secondary N) is 2. The SMILES string of the molecule is O=C(Cc1ccc2c(c1)OCO2)Nc1n[nH]c2cc(C3CC3)ncc12. The number of rotatable bonds is 4. The molecule has 1 aromatic carbocycles. The normalized spacial score (nSPS) is 15.5. The van der Waals surface area contributed by atoms with Crippen molar-refractivity contribution in [3.8, 4) is 11.5 Å². The number of ether oxygens (including phenoxy) is 2. The first-order chi connectivity index (χ1) is 12.3. The molecule has 0 unspecified atom stereocenters. The van der Waals surface area contributed by atoms with Crippen LogP contribution in [-0.4, -0.2) is 27.9 Å². The summed E-state index contributed by atoms with van der Waals surface area (Å²) in [6, 6.07) is 7.53. The van der Waals surface area contributed by atoms with Crippen LogP contribution in [0.5, 0.6) is 11.5 Å². The zero-order valence-electron chi connectivity index (χ0n) is 13.4. The summed E-state index contributed by atoms with van der Waals surface area (Å²) < 4.78 is 10.6. The summed E-state index contributed by atoms with van der Waals surface area (Å²) in [4.78, 5) is 16.8.